The maximum atomic E-state index is 9.15. The van der Waals surface area contributed by atoms with E-state index >= 15 is 0 Å². The average molecular weight is 297 g/mol. The monoisotopic (exact) mass is 296 g/mol. The number of hydrogen-bond donors (Lipinski definition) is 1. The van der Waals surface area contributed by atoms with Crippen molar-refractivity contribution in [3.63, 3.8) is 0 Å². The van der Waals surface area contributed by atoms with Gasteiger partial charge >= 0.3 is 0 Å². The first-order valence-corrected chi connectivity index (χ1v) is 6.52. The second-order valence-corrected chi connectivity index (χ2v) is 4.86. The second-order valence-electron chi connectivity index (χ2n) is 4.46. The molecule has 0 unspecified atom stereocenters. The Balaban J connectivity index is 2.22. The Morgan fingerprint density at radius 2 is 2.10 bits per heavy atom. The number of nitrogens with zero attached hydrogens (tertiary/aromatic N) is 2. The van der Waals surface area contributed by atoms with Crippen LogP contribution in [0.1, 0.15) is 17.0 Å². The minimum Gasteiger partial charge on any atom is -0.493 e. The van der Waals surface area contributed by atoms with Gasteiger partial charge < -0.3 is 14.6 Å². The third-order valence-electron chi connectivity index (χ3n) is 2.94. The van der Waals surface area contributed by atoms with Gasteiger partial charge in [0.05, 0.1) is 30.1 Å². The number of rotatable bonds is 5. The number of ether oxygens (including phenoxy) is 2. The van der Waals surface area contributed by atoms with Gasteiger partial charge in [-0.3, -0.25) is 4.68 Å². The fourth-order valence-electron chi connectivity index (χ4n) is 1.95. The molecule has 0 atom stereocenters. The molecule has 2 rings (SSSR count). The number of aliphatic hydroxyl groups excluding tert-OH is 1. The molecule has 0 radical (unpaired) electrons. The van der Waals surface area contributed by atoms with Gasteiger partial charge in [0.15, 0.2) is 11.5 Å². The van der Waals surface area contributed by atoms with Crippen LogP contribution in [0.5, 0.6) is 11.5 Å². The van der Waals surface area contributed by atoms with Crippen molar-refractivity contribution < 1.29 is 14.6 Å². The smallest absolute Gasteiger partial charge is 0.180 e. The molecule has 20 heavy (non-hydrogen) atoms. The van der Waals surface area contributed by atoms with Crippen molar-refractivity contribution in [3.05, 3.63) is 40.2 Å². The van der Waals surface area contributed by atoms with E-state index in [9.17, 15) is 0 Å². The summed E-state index contributed by atoms with van der Waals surface area (Å²) >= 11 is 6.16. The van der Waals surface area contributed by atoms with E-state index in [-0.39, 0.29) is 6.61 Å². The fraction of sp³-hybridized carbons (Fsp3) is 0.357. The van der Waals surface area contributed by atoms with E-state index in [1.807, 2.05) is 20.0 Å². The molecule has 108 valence electrons. The Bertz CT molecular complexity index is 611. The molecule has 0 saturated heterocycles. The Kier molecular flexibility index (Phi) is 4.52. The molecule has 0 bridgehead atoms. The van der Waals surface area contributed by atoms with Crippen LogP contribution in [0.3, 0.4) is 0 Å². The number of methoxy groups -OCH3 is 1. The third kappa shape index (κ3) is 3.05. The molecule has 2 aromatic rings. The van der Waals surface area contributed by atoms with Crippen LogP contribution in [0, 0.1) is 6.92 Å². The second kappa shape index (κ2) is 6.15. The summed E-state index contributed by atoms with van der Waals surface area (Å²) < 4.78 is 12.8. The summed E-state index contributed by atoms with van der Waals surface area (Å²) in [5.74, 6) is 0.964. The lowest BCUT2D eigenvalue weighted by Crippen LogP contribution is -2.04. The summed E-state index contributed by atoms with van der Waals surface area (Å²) in [5.41, 5.74) is 2.54. The number of aromatic nitrogens is 2. The highest BCUT2D eigenvalue weighted by molar-refractivity contribution is 6.32. The molecule has 0 saturated carbocycles. The predicted molar refractivity (Wildman–Crippen MR) is 76.2 cm³/mol. The van der Waals surface area contributed by atoms with Crippen LogP contribution in [0.15, 0.2) is 18.2 Å². The first kappa shape index (κ1) is 14.7. The third-order valence-corrected chi connectivity index (χ3v) is 3.22. The molecule has 0 aliphatic rings. The maximum Gasteiger partial charge on any atom is 0.180 e. The Morgan fingerprint density at radius 3 is 2.65 bits per heavy atom. The van der Waals surface area contributed by atoms with Gasteiger partial charge in [-0.2, -0.15) is 5.10 Å². The van der Waals surface area contributed by atoms with Crippen molar-refractivity contribution in [1.29, 1.82) is 0 Å². The molecule has 0 aliphatic carbocycles. The van der Waals surface area contributed by atoms with E-state index in [1.54, 1.807) is 16.8 Å². The van der Waals surface area contributed by atoms with Crippen LogP contribution in [-0.2, 0) is 20.3 Å². The highest BCUT2D eigenvalue weighted by Gasteiger charge is 2.13. The fourth-order valence-corrected chi connectivity index (χ4v) is 2.24. The molecule has 1 N–H and O–H groups in total. The van der Waals surface area contributed by atoms with Gasteiger partial charge in [-0.15, -0.1) is 0 Å². The van der Waals surface area contributed by atoms with E-state index in [0.29, 0.717) is 28.7 Å². The SMILES string of the molecule is COc1cc(CO)cc(Cl)c1OCc1cc(C)nn1C. The largest absolute Gasteiger partial charge is 0.493 e. The van der Waals surface area contributed by atoms with E-state index in [2.05, 4.69) is 5.10 Å². The van der Waals surface area contributed by atoms with Gasteiger partial charge in [0.25, 0.3) is 0 Å². The Morgan fingerprint density at radius 1 is 1.35 bits per heavy atom. The van der Waals surface area contributed by atoms with E-state index in [1.165, 1.54) is 7.11 Å². The van der Waals surface area contributed by atoms with Crippen molar-refractivity contribution in [2.75, 3.05) is 7.11 Å². The van der Waals surface area contributed by atoms with Gasteiger partial charge in [-0.05, 0) is 30.7 Å². The molecule has 0 spiro atoms. The number of halogens is 1. The van der Waals surface area contributed by atoms with Gasteiger partial charge in [0.2, 0.25) is 0 Å². The molecule has 1 aromatic heterocycles. The van der Waals surface area contributed by atoms with Crippen LogP contribution in [0.2, 0.25) is 5.02 Å². The van der Waals surface area contributed by atoms with E-state index < -0.39 is 0 Å². The van der Waals surface area contributed by atoms with Gasteiger partial charge in [0.1, 0.15) is 6.61 Å². The van der Waals surface area contributed by atoms with Crippen LogP contribution in [0.4, 0.5) is 0 Å². The van der Waals surface area contributed by atoms with Gasteiger partial charge in [-0.1, -0.05) is 11.6 Å². The lowest BCUT2D eigenvalue weighted by atomic mass is 10.2. The number of aliphatic hydroxyl groups is 1. The van der Waals surface area contributed by atoms with E-state index in [0.717, 1.165) is 11.4 Å². The van der Waals surface area contributed by atoms with Gasteiger partial charge in [-0.25, -0.2) is 0 Å². The standard InChI is InChI=1S/C14H17ClN2O3/c1-9-4-11(17(2)16-9)8-20-14-12(15)5-10(7-18)6-13(14)19-3/h4-6,18H,7-8H2,1-3H3. The molecular weight excluding hydrogens is 280 g/mol. The summed E-state index contributed by atoms with van der Waals surface area (Å²) in [6.45, 7) is 2.16. The molecule has 0 aliphatic heterocycles. The first-order chi connectivity index (χ1) is 9.55. The van der Waals surface area contributed by atoms with Crippen LogP contribution >= 0.6 is 11.6 Å². The molecule has 6 heteroatoms. The summed E-state index contributed by atoms with van der Waals surface area (Å²) in [5, 5.41) is 13.8. The first-order valence-electron chi connectivity index (χ1n) is 6.14. The van der Waals surface area contributed by atoms with Crippen molar-refractivity contribution >= 4 is 11.6 Å². The molecule has 1 aromatic carbocycles. The molecule has 0 fully saturated rings. The highest BCUT2D eigenvalue weighted by Crippen LogP contribution is 2.36. The van der Waals surface area contributed by atoms with Crippen molar-refractivity contribution in [2.45, 2.75) is 20.1 Å². The van der Waals surface area contributed by atoms with Crippen LogP contribution in [-0.4, -0.2) is 22.0 Å². The quantitative estimate of drug-likeness (QED) is 0.921. The zero-order chi connectivity index (χ0) is 14.7. The van der Waals surface area contributed by atoms with Crippen LogP contribution < -0.4 is 9.47 Å². The number of hydrogen-bond acceptors (Lipinski definition) is 4. The molecule has 5 nitrogen and oxygen atoms in total. The maximum absolute atomic E-state index is 9.15. The van der Waals surface area contributed by atoms with Crippen LogP contribution in [0.25, 0.3) is 0 Å². The number of aryl methyl sites for hydroxylation is 2. The Hall–Kier alpha value is -1.72. The van der Waals surface area contributed by atoms with E-state index in [4.69, 9.17) is 26.2 Å². The zero-order valence-corrected chi connectivity index (χ0v) is 12.4. The van der Waals surface area contributed by atoms with Crippen molar-refractivity contribution in [3.8, 4) is 11.5 Å². The summed E-state index contributed by atoms with van der Waals surface area (Å²) in [7, 11) is 3.40. The molecule has 0 amide bonds. The lowest BCUT2D eigenvalue weighted by molar-refractivity contribution is 0.270. The topological polar surface area (TPSA) is 56.5 Å². The Labute approximate surface area is 122 Å². The summed E-state index contributed by atoms with van der Waals surface area (Å²) in [6.07, 6.45) is 0. The molecular formula is C14H17ClN2O3. The normalized spacial score (nSPS) is 10.7. The lowest BCUT2D eigenvalue weighted by Gasteiger charge is -2.13. The van der Waals surface area contributed by atoms with Crippen molar-refractivity contribution in [2.24, 2.45) is 7.05 Å². The number of benzene rings is 1. The minimum absolute atomic E-state index is 0.0999. The minimum atomic E-state index is -0.0999. The molecule has 1 heterocycles. The predicted octanol–water partition coefficient (Wildman–Crippen LogP) is 2.46. The average Bonchev–Trinajstić information content (AvgIpc) is 2.74. The van der Waals surface area contributed by atoms with Crippen molar-refractivity contribution in [1.82, 2.24) is 9.78 Å². The summed E-state index contributed by atoms with van der Waals surface area (Å²) in [6, 6.07) is 5.31. The van der Waals surface area contributed by atoms with Gasteiger partial charge in [0, 0.05) is 7.05 Å². The summed E-state index contributed by atoms with van der Waals surface area (Å²) in [4.78, 5) is 0. The highest BCUT2D eigenvalue weighted by atomic mass is 35.5. The zero-order valence-electron chi connectivity index (χ0n) is 11.7.